The fourth-order valence-corrected chi connectivity index (χ4v) is 0.995. The van der Waals surface area contributed by atoms with Crippen LogP contribution in [0.4, 0.5) is 0 Å². The number of hydrogen-bond donors (Lipinski definition) is 0. The molecule has 1 nitrogen and oxygen atoms in total. The van der Waals surface area contributed by atoms with Crippen LogP contribution < -0.4 is 0 Å². The summed E-state index contributed by atoms with van der Waals surface area (Å²) in [6.45, 7) is 9.39. The van der Waals surface area contributed by atoms with Crippen molar-refractivity contribution in [3.05, 3.63) is 42.2 Å². The molecule has 0 aliphatic carbocycles. The Bertz CT molecular complexity index is 261. The van der Waals surface area contributed by atoms with Gasteiger partial charge in [0.1, 0.15) is 0 Å². The molecule has 0 aromatic carbocycles. The van der Waals surface area contributed by atoms with Gasteiger partial charge in [0.15, 0.2) is 0 Å². The zero-order chi connectivity index (χ0) is 8.27. The molecule has 0 saturated heterocycles. The van der Waals surface area contributed by atoms with Crippen LogP contribution in [0, 0.1) is 6.92 Å². The summed E-state index contributed by atoms with van der Waals surface area (Å²) >= 11 is 0. The zero-order valence-electron chi connectivity index (χ0n) is 6.67. The second-order valence-electron chi connectivity index (χ2n) is 2.32. The first-order chi connectivity index (χ1) is 5.29. The van der Waals surface area contributed by atoms with Crippen molar-refractivity contribution in [1.82, 2.24) is 4.98 Å². The van der Waals surface area contributed by atoms with Crippen LogP contribution in [0.15, 0.2) is 25.4 Å². The Hall–Kier alpha value is -1.37. The molecule has 1 heterocycles. The minimum atomic E-state index is 0.933. The maximum atomic E-state index is 4.14. The number of rotatable bonds is 2. The lowest BCUT2D eigenvalue weighted by atomic mass is 10.1. The van der Waals surface area contributed by atoms with Gasteiger partial charge in [-0.25, -0.2) is 0 Å². The van der Waals surface area contributed by atoms with Gasteiger partial charge in [-0.2, -0.15) is 0 Å². The maximum absolute atomic E-state index is 4.14. The first-order valence-electron chi connectivity index (χ1n) is 3.50. The van der Waals surface area contributed by atoms with Crippen molar-refractivity contribution in [3.63, 3.8) is 0 Å². The molecule has 1 rings (SSSR count). The third-order valence-corrected chi connectivity index (χ3v) is 1.70. The van der Waals surface area contributed by atoms with Crippen molar-refractivity contribution in [2.75, 3.05) is 0 Å². The van der Waals surface area contributed by atoms with Crippen molar-refractivity contribution in [3.8, 4) is 0 Å². The molecule has 0 spiro atoms. The third-order valence-electron chi connectivity index (χ3n) is 1.70. The molecular weight excluding hydrogens is 134 g/mol. The lowest BCUT2D eigenvalue weighted by Gasteiger charge is -2.01. The minimum Gasteiger partial charge on any atom is -0.257 e. The van der Waals surface area contributed by atoms with E-state index in [1.54, 1.807) is 12.3 Å². The Morgan fingerprint density at radius 3 is 2.64 bits per heavy atom. The van der Waals surface area contributed by atoms with Gasteiger partial charge in [-0.15, -0.1) is 0 Å². The summed E-state index contributed by atoms with van der Waals surface area (Å²) in [6.07, 6.45) is 5.34. The van der Waals surface area contributed by atoms with Crippen LogP contribution in [0.25, 0.3) is 12.2 Å². The molecule has 0 bridgehead atoms. The van der Waals surface area contributed by atoms with Gasteiger partial charge < -0.3 is 0 Å². The third kappa shape index (κ3) is 1.37. The molecule has 1 heteroatoms. The number of aromatic nitrogens is 1. The molecule has 1 aromatic heterocycles. The number of pyridine rings is 1. The maximum Gasteiger partial charge on any atom is 0.0658 e. The van der Waals surface area contributed by atoms with E-state index in [-0.39, 0.29) is 0 Å². The second-order valence-corrected chi connectivity index (χ2v) is 2.32. The van der Waals surface area contributed by atoms with Crippen molar-refractivity contribution in [2.45, 2.75) is 6.92 Å². The fourth-order valence-electron chi connectivity index (χ4n) is 0.995. The van der Waals surface area contributed by atoms with Gasteiger partial charge in [0.05, 0.1) is 5.69 Å². The minimum absolute atomic E-state index is 0.933. The van der Waals surface area contributed by atoms with Crippen LogP contribution in [0.3, 0.4) is 0 Å². The van der Waals surface area contributed by atoms with Crippen LogP contribution in [0.5, 0.6) is 0 Å². The summed E-state index contributed by atoms with van der Waals surface area (Å²) < 4.78 is 0. The predicted octanol–water partition coefficient (Wildman–Crippen LogP) is 2.68. The topological polar surface area (TPSA) is 12.9 Å². The van der Waals surface area contributed by atoms with Crippen LogP contribution in [0.2, 0.25) is 0 Å². The normalized spacial score (nSPS) is 9.18. The Morgan fingerprint density at radius 1 is 1.36 bits per heavy atom. The van der Waals surface area contributed by atoms with E-state index in [9.17, 15) is 0 Å². The predicted molar refractivity (Wildman–Crippen MR) is 49.2 cm³/mol. The summed E-state index contributed by atoms with van der Waals surface area (Å²) in [5, 5.41) is 0. The average Bonchev–Trinajstić information content (AvgIpc) is 2.05. The van der Waals surface area contributed by atoms with E-state index >= 15 is 0 Å². The molecule has 56 valence electrons. The highest BCUT2D eigenvalue weighted by Gasteiger charge is 1.97. The van der Waals surface area contributed by atoms with E-state index in [1.807, 2.05) is 19.1 Å². The first-order valence-corrected chi connectivity index (χ1v) is 3.50. The van der Waals surface area contributed by atoms with Gasteiger partial charge >= 0.3 is 0 Å². The first kappa shape index (κ1) is 7.73. The van der Waals surface area contributed by atoms with Gasteiger partial charge in [-0.3, -0.25) is 4.98 Å². The number of nitrogens with zero attached hydrogens (tertiary/aromatic N) is 1. The quantitative estimate of drug-likeness (QED) is 0.623. The van der Waals surface area contributed by atoms with E-state index < -0.39 is 0 Å². The molecule has 0 unspecified atom stereocenters. The average molecular weight is 145 g/mol. The summed E-state index contributed by atoms with van der Waals surface area (Å²) in [4.78, 5) is 4.14. The molecule has 0 fully saturated rings. The Labute approximate surface area is 67.1 Å². The summed E-state index contributed by atoms with van der Waals surface area (Å²) in [7, 11) is 0. The van der Waals surface area contributed by atoms with Crippen LogP contribution >= 0.6 is 0 Å². The zero-order valence-corrected chi connectivity index (χ0v) is 6.67. The molecule has 11 heavy (non-hydrogen) atoms. The summed E-state index contributed by atoms with van der Waals surface area (Å²) in [5.41, 5.74) is 3.19. The van der Waals surface area contributed by atoms with Gasteiger partial charge in [-0.1, -0.05) is 19.2 Å². The lowest BCUT2D eigenvalue weighted by Crippen LogP contribution is -1.88. The van der Waals surface area contributed by atoms with Gasteiger partial charge in [0.25, 0.3) is 0 Å². The van der Waals surface area contributed by atoms with Crippen molar-refractivity contribution in [2.24, 2.45) is 0 Å². The molecule has 0 atom stereocenters. The summed E-state index contributed by atoms with van der Waals surface area (Å²) in [6, 6.07) is 1.94. The molecule has 1 aromatic rings. The molecule has 0 amide bonds. The SMILES string of the molecule is C=Cc1ccnc(C=C)c1C. The Kier molecular flexibility index (Phi) is 2.21. The van der Waals surface area contributed by atoms with E-state index in [4.69, 9.17) is 0 Å². The smallest absolute Gasteiger partial charge is 0.0658 e. The number of hydrogen-bond acceptors (Lipinski definition) is 1. The van der Waals surface area contributed by atoms with E-state index in [2.05, 4.69) is 18.1 Å². The van der Waals surface area contributed by atoms with E-state index in [0.717, 1.165) is 16.8 Å². The van der Waals surface area contributed by atoms with Crippen LogP contribution in [-0.4, -0.2) is 4.98 Å². The highest BCUT2D eigenvalue weighted by atomic mass is 14.7. The summed E-state index contributed by atoms with van der Waals surface area (Å²) in [5.74, 6) is 0. The highest BCUT2D eigenvalue weighted by molar-refractivity contribution is 5.58. The molecule has 0 radical (unpaired) electrons. The van der Waals surface area contributed by atoms with Crippen molar-refractivity contribution in [1.29, 1.82) is 0 Å². The van der Waals surface area contributed by atoms with Gasteiger partial charge in [0.2, 0.25) is 0 Å². The molecule has 0 saturated carbocycles. The largest absolute Gasteiger partial charge is 0.257 e. The molecule has 0 aliphatic heterocycles. The van der Waals surface area contributed by atoms with Crippen LogP contribution in [0.1, 0.15) is 16.8 Å². The lowest BCUT2D eigenvalue weighted by molar-refractivity contribution is 1.23. The van der Waals surface area contributed by atoms with Crippen molar-refractivity contribution >= 4 is 12.2 Å². The van der Waals surface area contributed by atoms with Crippen LogP contribution in [-0.2, 0) is 0 Å². The van der Waals surface area contributed by atoms with E-state index in [1.165, 1.54) is 0 Å². The van der Waals surface area contributed by atoms with Gasteiger partial charge in [-0.05, 0) is 30.2 Å². The van der Waals surface area contributed by atoms with Crippen molar-refractivity contribution < 1.29 is 0 Å². The second kappa shape index (κ2) is 3.15. The Morgan fingerprint density at radius 2 is 2.09 bits per heavy atom. The molecule has 0 N–H and O–H groups in total. The molecule has 0 aliphatic rings. The standard InChI is InChI=1S/C10H11N/c1-4-9-6-7-11-10(5-2)8(9)3/h4-7H,1-2H2,3H3. The fraction of sp³-hybridized carbons (Fsp3) is 0.100. The highest BCUT2D eigenvalue weighted by Crippen LogP contribution is 2.12. The Balaban J connectivity index is 3.30. The van der Waals surface area contributed by atoms with Gasteiger partial charge in [0, 0.05) is 6.20 Å². The van der Waals surface area contributed by atoms with E-state index in [0.29, 0.717) is 0 Å². The molecular formula is C10H11N. The monoisotopic (exact) mass is 145 g/mol.